The first-order chi connectivity index (χ1) is 12.4. The Kier molecular flexibility index (Phi) is 3.91. The summed E-state index contributed by atoms with van der Waals surface area (Å²) in [6.45, 7) is 5.25. The summed E-state index contributed by atoms with van der Waals surface area (Å²) in [5.41, 5.74) is 2.39. The van der Waals surface area contributed by atoms with Crippen molar-refractivity contribution in [3.05, 3.63) is 29.5 Å². The normalized spacial score (nSPS) is 21.3. The van der Waals surface area contributed by atoms with Crippen molar-refractivity contribution in [3.63, 3.8) is 0 Å². The Morgan fingerprint density at radius 3 is 2.65 bits per heavy atom. The minimum Gasteiger partial charge on any atom is -0.508 e. The lowest BCUT2D eigenvalue weighted by molar-refractivity contribution is -0.142. The Balaban J connectivity index is 1.68. The molecule has 2 aliphatic rings. The number of piperazine rings is 2. The van der Waals surface area contributed by atoms with E-state index < -0.39 is 0 Å². The van der Waals surface area contributed by atoms with E-state index >= 15 is 0 Å². The summed E-state index contributed by atoms with van der Waals surface area (Å²) in [4.78, 5) is 31.5. The molecule has 138 valence electrons. The second kappa shape index (κ2) is 6.02. The number of aromatic nitrogens is 1. The first-order valence-electron chi connectivity index (χ1n) is 8.95. The number of benzene rings is 1. The third-order valence-corrected chi connectivity index (χ3v) is 5.85. The van der Waals surface area contributed by atoms with Gasteiger partial charge in [-0.1, -0.05) is 0 Å². The molecule has 0 spiro atoms. The average Bonchev–Trinajstić information content (AvgIpc) is 2.87. The van der Waals surface area contributed by atoms with Gasteiger partial charge < -0.3 is 19.5 Å². The molecule has 0 aliphatic carbocycles. The van der Waals surface area contributed by atoms with Crippen molar-refractivity contribution in [2.24, 2.45) is 7.05 Å². The molecule has 2 aromatic rings. The molecular formula is C19H24N4O3. The number of rotatable bonds is 1. The average molecular weight is 356 g/mol. The molecule has 26 heavy (non-hydrogen) atoms. The number of hydrogen-bond acceptors (Lipinski definition) is 4. The molecule has 2 saturated heterocycles. The van der Waals surface area contributed by atoms with Gasteiger partial charge in [-0.2, -0.15) is 0 Å². The van der Waals surface area contributed by atoms with Gasteiger partial charge in [0.2, 0.25) is 5.91 Å². The van der Waals surface area contributed by atoms with Crippen molar-refractivity contribution in [2.45, 2.75) is 13.0 Å². The Labute approximate surface area is 152 Å². The molecule has 0 unspecified atom stereocenters. The van der Waals surface area contributed by atoms with E-state index in [0.29, 0.717) is 25.2 Å². The number of phenolic OH excluding ortho intramolecular Hbond substituents is 1. The number of carbonyl (C=O) groups is 2. The number of likely N-dealkylation sites (N-methyl/N-ethyl adjacent to an activating group) is 1. The molecule has 0 bridgehead atoms. The molecule has 3 heterocycles. The van der Waals surface area contributed by atoms with Crippen LogP contribution in [0.25, 0.3) is 10.9 Å². The smallest absolute Gasteiger partial charge is 0.256 e. The number of amides is 2. The van der Waals surface area contributed by atoms with Crippen molar-refractivity contribution in [1.29, 1.82) is 0 Å². The van der Waals surface area contributed by atoms with Gasteiger partial charge in [0.05, 0.1) is 5.56 Å². The van der Waals surface area contributed by atoms with E-state index in [1.165, 1.54) is 0 Å². The zero-order chi connectivity index (χ0) is 18.6. The van der Waals surface area contributed by atoms with Gasteiger partial charge in [-0.3, -0.25) is 14.5 Å². The summed E-state index contributed by atoms with van der Waals surface area (Å²) in [5, 5.41) is 10.6. The predicted octanol–water partition coefficient (Wildman–Crippen LogP) is 0.791. The Hall–Kier alpha value is -2.54. The van der Waals surface area contributed by atoms with Crippen molar-refractivity contribution >= 4 is 22.7 Å². The van der Waals surface area contributed by atoms with E-state index in [1.807, 2.05) is 31.7 Å². The van der Waals surface area contributed by atoms with Crippen molar-refractivity contribution in [1.82, 2.24) is 19.3 Å². The molecule has 1 aromatic carbocycles. The quantitative estimate of drug-likeness (QED) is 0.820. The Morgan fingerprint density at radius 2 is 1.88 bits per heavy atom. The molecule has 2 amide bonds. The van der Waals surface area contributed by atoms with Crippen LogP contribution >= 0.6 is 0 Å². The summed E-state index contributed by atoms with van der Waals surface area (Å²) in [5.74, 6) is 0.159. The number of phenols is 1. The fourth-order valence-electron chi connectivity index (χ4n) is 4.14. The number of fused-ring (bicyclic) bond motifs is 2. The highest BCUT2D eigenvalue weighted by Crippen LogP contribution is 2.30. The van der Waals surface area contributed by atoms with Gasteiger partial charge in [0.15, 0.2) is 0 Å². The van der Waals surface area contributed by atoms with Crippen molar-refractivity contribution < 1.29 is 14.7 Å². The fraction of sp³-hybridized carbons (Fsp3) is 0.474. The minimum atomic E-state index is -0.255. The molecule has 2 aliphatic heterocycles. The molecule has 1 N–H and O–H groups in total. The van der Waals surface area contributed by atoms with Crippen LogP contribution in [0.15, 0.2) is 18.2 Å². The summed E-state index contributed by atoms with van der Waals surface area (Å²) < 4.78 is 1.97. The molecule has 0 saturated carbocycles. The maximum absolute atomic E-state index is 13.3. The van der Waals surface area contributed by atoms with E-state index in [0.717, 1.165) is 29.7 Å². The molecular weight excluding hydrogens is 332 g/mol. The van der Waals surface area contributed by atoms with Gasteiger partial charge in [-0.15, -0.1) is 0 Å². The third kappa shape index (κ3) is 2.46. The van der Waals surface area contributed by atoms with Crippen LogP contribution in [0, 0.1) is 6.92 Å². The molecule has 1 aromatic heterocycles. The van der Waals surface area contributed by atoms with Gasteiger partial charge in [0.25, 0.3) is 5.91 Å². The summed E-state index contributed by atoms with van der Waals surface area (Å²) in [6, 6.07) is 4.85. The molecule has 7 nitrogen and oxygen atoms in total. The lowest BCUT2D eigenvalue weighted by atomic mass is 10.0. The highest BCUT2D eigenvalue weighted by molar-refractivity contribution is 6.09. The Morgan fingerprint density at radius 1 is 1.15 bits per heavy atom. The second-order valence-corrected chi connectivity index (χ2v) is 7.28. The van der Waals surface area contributed by atoms with E-state index in [2.05, 4.69) is 4.90 Å². The minimum absolute atomic E-state index is 0.0700. The van der Waals surface area contributed by atoms with E-state index in [4.69, 9.17) is 0 Å². The van der Waals surface area contributed by atoms with E-state index in [9.17, 15) is 14.7 Å². The molecule has 1 atom stereocenters. The molecule has 7 heteroatoms. The topological polar surface area (TPSA) is 69.0 Å². The number of hydrogen-bond donors (Lipinski definition) is 1. The summed E-state index contributed by atoms with van der Waals surface area (Å²) >= 11 is 0. The maximum Gasteiger partial charge on any atom is 0.256 e. The highest BCUT2D eigenvalue weighted by Gasteiger charge is 2.39. The van der Waals surface area contributed by atoms with E-state index in [-0.39, 0.29) is 23.6 Å². The van der Waals surface area contributed by atoms with Crippen LogP contribution in [0.4, 0.5) is 0 Å². The van der Waals surface area contributed by atoms with Crippen LogP contribution < -0.4 is 0 Å². The van der Waals surface area contributed by atoms with Gasteiger partial charge in [-0.05, 0) is 25.1 Å². The lowest BCUT2D eigenvalue weighted by Crippen LogP contribution is -2.64. The second-order valence-electron chi connectivity index (χ2n) is 7.28. The van der Waals surface area contributed by atoms with Gasteiger partial charge in [0.1, 0.15) is 11.8 Å². The maximum atomic E-state index is 13.3. The zero-order valence-electron chi connectivity index (χ0n) is 15.4. The van der Waals surface area contributed by atoms with Crippen molar-refractivity contribution in [3.8, 4) is 5.75 Å². The van der Waals surface area contributed by atoms with Crippen LogP contribution in [-0.4, -0.2) is 82.0 Å². The van der Waals surface area contributed by atoms with Crippen LogP contribution in [0.3, 0.4) is 0 Å². The molecule has 0 radical (unpaired) electrons. The Bertz CT molecular complexity index is 904. The number of carbonyl (C=O) groups excluding carboxylic acids is 2. The van der Waals surface area contributed by atoms with Crippen LogP contribution in [0.2, 0.25) is 0 Å². The van der Waals surface area contributed by atoms with E-state index in [1.54, 1.807) is 21.9 Å². The number of aromatic hydroxyl groups is 1. The van der Waals surface area contributed by atoms with Gasteiger partial charge in [0, 0.05) is 63.4 Å². The largest absolute Gasteiger partial charge is 0.508 e. The predicted molar refractivity (Wildman–Crippen MR) is 98.2 cm³/mol. The van der Waals surface area contributed by atoms with Crippen LogP contribution in [-0.2, 0) is 11.8 Å². The first kappa shape index (κ1) is 16.9. The number of aryl methyl sites for hydroxylation is 1. The first-order valence-corrected chi connectivity index (χ1v) is 8.95. The zero-order valence-corrected chi connectivity index (χ0v) is 15.4. The number of nitrogens with zero attached hydrogens (tertiary/aromatic N) is 4. The third-order valence-electron chi connectivity index (χ3n) is 5.85. The van der Waals surface area contributed by atoms with Gasteiger partial charge >= 0.3 is 0 Å². The lowest BCUT2D eigenvalue weighted by Gasteiger charge is -2.45. The van der Waals surface area contributed by atoms with Gasteiger partial charge in [-0.25, -0.2) is 0 Å². The summed E-state index contributed by atoms with van der Waals surface area (Å²) in [6.07, 6.45) is 0. The highest BCUT2D eigenvalue weighted by atomic mass is 16.3. The van der Waals surface area contributed by atoms with Crippen LogP contribution in [0.1, 0.15) is 16.1 Å². The van der Waals surface area contributed by atoms with Crippen molar-refractivity contribution in [2.75, 3.05) is 39.8 Å². The fourth-order valence-corrected chi connectivity index (χ4v) is 4.14. The summed E-state index contributed by atoms with van der Waals surface area (Å²) in [7, 11) is 3.74. The van der Waals surface area contributed by atoms with Crippen LogP contribution in [0.5, 0.6) is 5.75 Å². The molecule has 2 fully saturated rings. The SMILES string of the molecule is Cc1c(C(=O)N2CCN3CCN(C)C(=O)[C@H]3C2)c2cc(O)ccc2n1C. The molecule has 4 rings (SSSR count). The monoisotopic (exact) mass is 356 g/mol. The standard InChI is InChI=1S/C19H24N4O3/c1-12-17(14-10-13(24)4-5-15(14)21(12)3)19(26)23-9-8-22-7-6-20(2)18(25)16(22)11-23/h4-5,10,16,24H,6-9,11H2,1-3H3/t16-/m1/s1.